The van der Waals surface area contributed by atoms with Gasteiger partial charge in [-0.2, -0.15) is 0 Å². The first-order chi connectivity index (χ1) is 12.2. The van der Waals surface area contributed by atoms with Crippen molar-refractivity contribution in [1.82, 2.24) is 5.32 Å². The molecule has 1 N–H and O–H groups in total. The van der Waals surface area contributed by atoms with Crippen LogP contribution >= 0.6 is 0 Å². The van der Waals surface area contributed by atoms with Crippen molar-refractivity contribution in [3.8, 4) is 5.75 Å². The lowest BCUT2D eigenvalue weighted by molar-refractivity contribution is 0.0922. The summed E-state index contributed by atoms with van der Waals surface area (Å²) in [6.07, 6.45) is 2.14. The zero-order valence-electron chi connectivity index (χ0n) is 15.3. The van der Waals surface area contributed by atoms with Crippen LogP contribution in [0.15, 0.2) is 48.5 Å². The number of benzene rings is 2. The van der Waals surface area contributed by atoms with E-state index >= 15 is 0 Å². The van der Waals surface area contributed by atoms with Crippen molar-refractivity contribution in [3.05, 3.63) is 65.2 Å². The molecule has 0 aliphatic carbocycles. The molecule has 3 rings (SSSR count). The third-order valence-electron chi connectivity index (χ3n) is 4.54. The van der Waals surface area contributed by atoms with E-state index in [1.165, 1.54) is 16.7 Å². The first-order valence-electron chi connectivity index (χ1n) is 9.30. The van der Waals surface area contributed by atoms with Gasteiger partial charge in [-0.15, -0.1) is 0 Å². The molecule has 25 heavy (non-hydrogen) atoms. The Kier molecular flexibility index (Phi) is 6.48. The van der Waals surface area contributed by atoms with Crippen molar-refractivity contribution in [2.45, 2.75) is 45.9 Å². The summed E-state index contributed by atoms with van der Waals surface area (Å²) in [5.74, 6) is 1.69. The van der Waals surface area contributed by atoms with E-state index in [1.54, 1.807) is 0 Å². The van der Waals surface area contributed by atoms with Gasteiger partial charge in [0.1, 0.15) is 5.75 Å². The van der Waals surface area contributed by atoms with Gasteiger partial charge in [-0.3, -0.25) is 0 Å². The number of nitrogens with one attached hydrogen (secondary N) is 1. The zero-order chi connectivity index (χ0) is 17.5. The Balaban J connectivity index is 1.50. The molecule has 0 unspecified atom stereocenters. The molecule has 0 saturated carbocycles. The molecule has 3 nitrogen and oxygen atoms in total. The smallest absolute Gasteiger partial charge is 0.122 e. The number of fused-ring (bicyclic) bond motifs is 1. The van der Waals surface area contributed by atoms with Crippen molar-refractivity contribution in [3.63, 3.8) is 0 Å². The second-order valence-corrected chi connectivity index (χ2v) is 7.25. The second-order valence-electron chi connectivity index (χ2n) is 7.25. The van der Waals surface area contributed by atoms with E-state index in [1.807, 2.05) is 6.07 Å². The fraction of sp³-hybridized carbons (Fsp3) is 0.455. The third-order valence-corrected chi connectivity index (χ3v) is 4.54. The first kappa shape index (κ1) is 18.0. The van der Waals surface area contributed by atoms with Crippen molar-refractivity contribution >= 4 is 0 Å². The summed E-state index contributed by atoms with van der Waals surface area (Å²) in [5.41, 5.74) is 3.88. The Labute approximate surface area is 151 Å². The van der Waals surface area contributed by atoms with Gasteiger partial charge >= 0.3 is 0 Å². The van der Waals surface area contributed by atoms with Gasteiger partial charge in [0.2, 0.25) is 0 Å². The SMILES string of the molecule is CC(C)C[C@@H](COCc1ccccc1)NCc1ccc2c(c1)CCO2. The van der Waals surface area contributed by atoms with E-state index in [-0.39, 0.29) is 0 Å². The van der Waals surface area contributed by atoms with E-state index in [2.05, 4.69) is 61.6 Å². The molecule has 0 radical (unpaired) electrons. The molecule has 1 aliphatic rings. The third kappa shape index (κ3) is 5.58. The van der Waals surface area contributed by atoms with Crippen LogP contribution in [0.4, 0.5) is 0 Å². The molecule has 0 saturated heterocycles. The summed E-state index contributed by atoms with van der Waals surface area (Å²) < 4.78 is 11.5. The Morgan fingerprint density at radius 2 is 1.92 bits per heavy atom. The van der Waals surface area contributed by atoms with Crippen molar-refractivity contribution in [2.24, 2.45) is 5.92 Å². The minimum Gasteiger partial charge on any atom is -0.493 e. The van der Waals surface area contributed by atoms with E-state index in [0.29, 0.717) is 18.6 Å². The Morgan fingerprint density at radius 1 is 1.08 bits per heavy atom. The van der Waals surface area contributed by atoms with Gasteiger partial charge < -0.3 is 14.8 Å². The standard InChI is InChI=1S/C22H29NO2/c1-17(2)12-21(16-24-15-18-6-4-3-5-7-18)23-14-19-8-9-22-20(13-19)10-11-25-22/h3-9,13,17,21,23H,10-12,14-16H2,1-2H3/t21-/m0/s1. The molecule has 0 aromatic heterocycles. The number of rotatable bonds is 9. The number of hydrogen-bond acceptors (Lipinski definition) is 3. The highest BCUT2D eigenvalue weighted by atomic mass is 16.5. The Morgan fingerprint density at radius 3 is 2.72 bits per heavy atom. The minimum atomic E-state index is 0.369. The van der Waals surface area contributed by atoms with Crippen LogP contribution in [0.25, 0.3) is 0 Å². The molecule has 1 heterocycles. The van der Waals surface area contributed by atoms with Crippen LogP contribution in [-0.2, 0) is 24.3 Å². The lowest BCUT2D eigenvalue weighted by Gasteiger charge is -2.21. The molecule has 1 aliphatic heterocycles. The highest BCUT2D eigenvalue weighted by molar-refractivity contribution is 5.39. The maximum absolute atomic E-state index is 5.96. The molecule has 0 fully saturated rings. The van der Waals surface area contributed by atoms with E-state index in [9.17, 15) is 0 Å². The minimum absolute atomic E-state index is 0.369. The van der Waals surface area contributed by atoms with Crippen molar-refractivity contribution < 1.29 is 9.47 Å². The van der Waals surface area contributed by atoms with Crippen molar-refractivity contribution in [1.29, 1.82) is 0 Å². The van der Waals surface area contributed by atoms with Gasteiger partial charge in [0.25, 0.3) is 0 Å². The predicted molar refractivity (Wildman–Crippen MR) is 102 cm³/mol. The highest BCUT2D eigenvalue weighted by Crippen LogP contribution is 2.25. The van der Waals surface area contributed by atoms with Crippen molar-refractivity contribution in [2.75, 3.05) is 13.2 Å². The van der Waals surface area contributed by atoms with Crippen LogP contribution < -0.4 is 10.1 Å². The first-order valence-corrected chi connectivity index (χ1v) is 9.30. The Bertz CT molecular complexity index is 654. The largest absolute Gasteiger partial charge is 0.493 e. The van der Waals surface area contributed by atoms with Gasteiger partial charge in [-0.1, -0.05) is 56.3 Å². The van der Waals surface area contributed by atoms with Crippen LogP contribution in [0.1, 0.15) is 37.0 Å². The zero-order valence-corrected chi connectivity index (χ0v) is 15.3. The van der Waals surface area contributed by atoms with E-state index < -0.39 is 0 Å². The maximum atomic E-state index is 5.96. The van der Waals surface area contributed by atoms with E-state index in [0.717, 1.165) is 38.3 Å². The lowest BCUT2D eigenvalue weighted by atomic mass is 10.0. The van der Waals surface area contributed by atoms with Gasteiger partial charge in [0.15, 0.2) is 0 Å². The molecular weight excluding hydrogens is 310 g/mol. The predicted octanol–water partition coefficient (Wildman–Crippen LogP) is 4.34. The molecular formula is C22H29NO2. The molecule has 3 heteroatoms. The summed E-state index contributed by atoms with van der Waals surface area (Å²) in [6, 6.07) is 17.3. The van der Waals surface area contributed by atoms with Crippen LogP contribution in [0.2, 0.25) is 0 Å². The number of ether oxygens (including phenoxy) is 2. The topological polar surface area (TPSA) is 30.5 Å². The molecule has 134 valence electrons. The normalized spacial score (nSPS) is 14.4. The average molecular weight is 339 g/mol. The monoisotopic (exact) mass is 339 g/mol. The van der Waals surface area contributed by atoms with Gasteiger partial charge in [0, 0.05) is 19.0 Å². The van der Waals surface area contributed by atoms with Gasteiger partial charge in [-0.05, 0) is 35.1 Å². The van der Waals surface area contributed by atoms with E-state index in [4.69, 9.17) is 9.47 Å². The Hall–Kier alpha value is -1.84. The van der Waals surface area contributed by atoms with Crippen LogP contribution in [-0.4, -0.2) is 19.3 Å². The fourth-order valence-electron chi connectivity index (χ4n) is 3.28. The lowest BCUT2D eigenvalue weighted by Crippen LogP contribution is -2.34. The molecule has 1 atom stereocenters. The molecule has 2 aromatic rings. The summed E-state index contributed by atoms with van der Waals surface area (Å²) in [5, 5.41) is 3.68. The van der Waals surface area contributed by atoms with Crippen LogP contribution in [0.5, 0.6) is 5.75 Å². The molecule has 0 spiro atoms. The number of hydrogen-bond donors (Lipinski definition) is 1. The average Bonchev–Trinajstić information content (AvgIpc) is 3.08. The summed E-state index contributed by atoms with van der Waals surface area (Å²) >= 11 is 0. The molecule has 0 bridgehead atoms. The van der Waals surface area contributed by atoms with Gasteiger partial charge in [0.05, 0.1) is 19.8 Å². The summed E-state index contributed by atoms with van der Waals surface area (Å²) in [7, 11) is 0. The maximum Gasteiger partial charge on any atom is 0.122 e. The highest BCUT2D eigenvalue weighted by Gasteiger charge is 2.14. The van der Waals surface area contributed by atoms with Crippen LogP contribution in [0, 0.1) is 5.92 Å². The second kappa shape index (κ2) is 9.02. The van der Waals surface area contributed by atoms with Crippen LogP contribution in [0.3, 0.4) is 0 Å². The molecule has 2 aromatic carbocycles. The fourth-order valence-corrected chi connectivity index (χ4v) is 3.28. The molecule has 0 amide bonds. The summed E-state index contributed by atoms with van der Waals surface area (Å²) in [4.78, 5) is 0. The quantitative estimate of drug-likeness (QED) is 0.737. The summed E-state index contributed by atoms with van der Waals surface area (Å²) in [6.45, 7) is 7.63. The van der Waals surface area contributed by atoms with Gasteiger partial charge in [-0.25, -0.2) is 0 Å².